The lowest BCUT2D eigenvalue weighted by molar-refractivity contribution is -0.119. The van der Waals surface area contributed by atoms with Gasteiger partial charge in [-0.25, -0.2) is 0 Å². The largest absolute Gasteiger partial charge is 0.495 e. The summed E-state index contributed by atoms with van der Waals surface area (Å²) in [5.41, 5.74) is 0.820. The zero-order valence-electron chi connectivity index (χ0n) is 8.57. The SMILES string of the molecule is COc1ccc(C(C)NC(C)=O)nc1. The summed E-state index contributed by atoms with van der Waals surface area (Å²) in [7, 11) is 1.59. The minimum Gasteiger partial charge on any atom is -0.495 e. The van der Waals surface area contributed by atoms with Gasteiger partial charge in [-0.3, -0.25) is 9.78 Å². The first-order valence-corrected chi connectivity index (χ1v) is 4.40. The molecular weight excluding hydrogens is 180 g/mol. The average molecular weight is 194 g/mol. The van der Waals surface area contributed by atoms with Gasteiger partial charge in [-0.2, -0.15) is 0 Å². The Morgan fingerprint density at radius 2 is 2.29 bits per heavy atom. The maximum atomic E-state index is 10.8. The Kier molecular flexibility index (Phi) is 3.45. The van der Waals surface area contributed by atoms with Crippen LogP contribution in [0.4, 0.5) is 0 Å². The smallest absolute Gasteiger partial charge is 0.217 e. The molecule has 1 rings (SSSR count). The van der Waals surface area contributed by atoms with Gasteiger partial charge in [0.2, 0.25) is 5.91 Å². The molecule has 0 aromatic carbocycles. The fraction of sp³-hybridized carbons (Fsp3) is 0.400. The van der Waals surface area contributed by atoms with Gasteiger partial charge in [0.1, 0.15) is 5.75 Å². The van der Waals surface area contributed by atoms with Crippen LogP contribution in [-0.4, -0.2) is 18.0 Å². The summed E-state index contributed by atoms with van der Waals surface area (Å²) in [5, 5.41) is 2.75. The molecule has 1 unspecified atom stereocenters. The van der Waals surface area contributed by atoms with Crippen molar-refractivity contribution < 1.29 is 9.53 Å². The van der Waals surface area contributed by atoms with Crippen molar-refractivity contribution in [3.8, 4) is 5.75 Å². The summed E-state index contributed by atoms with van der Waals surface area (Å²) in [5.74, 6) is 0.652. The molecule has 1 aromatic heterocycles. The molecule has 0 spiro atoms. The van der Waals surface area contributed by atoms with Gasteiger partial charge in [0.15, 0.2) is 0 Å². The Labute approximate surface area is 83.3 Å². The van der Waals surface area contributed by atoms with E-state index < -0.39 is 0 Å². The zero-order valence-corrected chi connectivity index (χ0v) is 8.57. The molecule has 0 aliphatic carbocycles. The molecule has 1 amide bonds. The lowest BCUT2D eigenvalue weighted by Crippen LogP contribution is -2.24. The molecule has 4 heteroatoms. The summed E-state index contributed by atoms with van der Waals surface area (Å²) in [4.78, 5) is 14.9. The lowest BCUT2D eigenvalue weighted by Gasteiger charge is -2.11. The van der Waals surface area contributed by atoms with E-state index in [0.717, 1.165) is 5.69 Å². The van der Waals surface area contributed by atoms with Crippen LogP contribution in [0.2, 0.25) is 0 Å². The van der Waals surface area contributed by atoms with E-state index in [2.05, 4.69) is 10.3 Å². The second-order valence-electron chi connectivity index (χ2n) is 3.05. The third kappa shape index (κ3) is 2.73. The molecule has 0 aliphatic heterocycles. The third-order valence-electron chi connectivity index (χ3n) is 1.86. The molecule has 0 radical (unpaired) electrons. The number of amides is 1. The summed E-state index contributed by atoms with van der Waals surface area (Å²) in [6.45, 7) is 3.37. The van der Waals surface area contributed by atoms with E-state index in [1.54, 1.807) is 13.3 Å². The fourth-order valence-electron chi connectivity index (χ4n) is 1.15. The average Bonchev–Trinajstić information content (AvgIpc) is 2.17. The lowest BCUT2D eigenvalue weighted by atomic mass is 10.2. The van der Waals surface area contributed by atoms with Crippen LogP contribution in [0, 0.1) is 0 Å². The minimum atomic E-state index is -0.0709. The molecule has 0 saturated carbocycles. The molecule has 1 heterocycles. The van der Waals surface area contributed by atoms with E-state index in [9.17, 15) is 4.79 Å². The molecule has 76 valence electrons. The second kappa shape index (κ2) is 4.60. The number of aromatic nitrogens is 1. The molecule has 0 aliphatic rings. The summed E-state index contributed by atoms with van der Waals surface area (Å²) in [6, 6.07) is 3.58. The molecule has 0 fully saturated rings. The van der Waals surface area contributed by atoms with E-state index >= 15 is 0 Å². The normalized spacial score (nSPS) is 11.9. The van der Waals surface area contributed by atoms with Crippen LogP contribution in [0.5, 0.6) is 5.75 Å². The van der Waals surface area contributed by atoms with Crippen molar-refractivity contribution in [2.24, 2.45) is 0 Å². The first-order chi connectivity index (χ1) is 6.63. The maximum Gasteiger partial charge on any atom is 0.217 e. The first-order valence-electron chi connectivity index (χ1n) is 4.40. The highest BCUT2D eigenvalue weighted by molar-refractivity contribution is 5.73. The molecular formula is C10H14N2O2. The Morgan fingerprint density at radius 3 is 2.71 bits per heavy atom. The topological polar surface area (TPSA) is 51.2 Å². The van der Waals surface area contributed by atoms with Crippen LogP contribution >= 0.6 is 0 Å². The van der Waals surface area contributed by atoms with E-state index in [0.29, 0.717) is 5.75 Å². The number of hydrogen-bond acceptors (Lipinski definition) is 3. The van der Waals surface area contributed by atoms with E-state index in [4.69, 9.17) is 4.74 Å². The Morgan fingerprint density at radius 1 is 1.57 bits per heavy atom. The van der Waals surface area contributed by atoms with Crippen molar-refractivity contribution in [2.75, 3.05) is 7.11 Å². The van der Waals surface area contributed by atoms with Gasteiger partial charge in [-0.15, -0.1) is 0 Å². The third-order valence-corrected chi connectivity index (χ3v) is 1.86. The number of carbonyl (C=O) groups is 1. The van der Waals surface area contributed by atoms with Gasteiger partial charge in [0.05, 0.1) is 25.0 Å². The van der Waals surface area contributed by atoms with Gasteiger partial charge >= 0.3 is 0 Å². The minimum absolute atomic E-state index is 0.0601. The first kappa shape index (κ1) is 10.5. The van der Waals surface area contributed by atoms with Gasteiger partial charge in [-0.1, -0.05) is 0 Å². The molecule has 4 nitrogen and oxygen atoms in total. The van der Waals surface area contributed by atoms with Crippen LogP contribution in [0.3, 0.4) is 0 Å². The molecule has 0 saturated heterocycles. The van der Waals surface area contributed by atoms with Gasteiger partial charge < -0.3 is 10.1 Å². The standard InChI is InChI=1S/C10H14N2O2/c1-7(12-8(2)13)10-5-4-9(14-3)6-11-10/h4-7H,1-3H3,(H,12,13). The zero-order chi connectivity index (χ0) is 10.6. The highest BCUT2D eigenvalue weighted by Crippen LogP contribution is 2.13. The number of pyridine rings is 1. The highest BCUT2D eigenvalue weighted by atomic mass is 16.5. The van der Waals surface area contributed by atoms with Crippen LogP contribution in [0.15, 0.2) is 18.3 Å². The number of ether oxygens (including phenoxy) is 1. The molecule has 1 atom stereocenters. The Balaban J connectivity index is 2.71. The van der Waals surface area contributed by atoms with Crippen LogP contribution in [-0.2, 0) is 4.79 Å². The number of nitrogens with one attached hydrogen (secondary N) is 1. The van der Waals surface area contributed by atoms with Crippen LogP contribution in [0.1, 0.15) is 25.6 Å². The Hall–Kier alpha value is -1.58. The van der Waals surface area contributed by atoms with E-state index in [1.165, 1.54) is 6.92 Å². The predicted octanol–water partition coefficient (Wildman–Crippen LogP) is 1.29. The number of carbonyl (C=O) groups excluding carboxylic acids is 1. The monoisotopic (exact) mass is 194 g/mol. The number of hydrogen-bond donors (Lipinski definition) is 1. The molecule has 1 N–H and O–H groups in total. The quantitative estimate of drug-likeness (QED) is 0.788. The summed E-state index contributed by atoms with van der Waals surface area (Å²) in [6.07, 6.45) is 1.63. The van der Waals surface area contributed by atoms with E-state index in [-0.39, 0.29) is 11.9 Å². The van der Waals surface area contributed by atoms with Crippen molar-refractivity contribution in [3.05, 3.63) is 24.0 Å². The highest BCUT2D eigenvalue weighted by Gasteiger charge is 2.07. The van der Waals surface area contributed by atoms with Gasteiger partial charge in [0, 0.05) is 6.92 Å². The second-order valence-corrected chi connectivity index (χ2v) is 3.05. The van der Waals surface area contributed by atoms with Crippen molar-refractivity contribution in [1.29, 1.82) is 0 Å². The maximum absolute atomic E-state index is 10.8. The Bertz CT molecular complexity index is 308. The summed E-state index contributed by atoms with van der Waals surface area (Å²) >= 11 is 0. The van der Waals surface area contributed by atoms with E-state index in [1.807, 2.05) is 19.1 Å². The number of methoxy groups -OCH3 is 1. The summed E-state index contributed by atoms with van der Waals surface area (Å²) < 4.78 is 4.98. The van der Waals surface area contributed by atoms with Crippen molar-refractivity contribution in [2.45, 2.75) is 19.9 Å². The van der Waals surface area contributed by atoms with Gasteiger partial charge in [0.25, 0.3) is 0 Å². The van der Waals surface area contributed by atoms with Crippen molar-refractivity contribution in [3.63, 3.8) is 0 Å². The number of nitrogens with zero attached hydrogens (tertiary/aromatic N) is 1. The van der Waals surface area contributed by atoms with Crippen molar-refractivity contribution in [1.82, 2.24) is 10.3 Å². The predicted molar refractivity (Wildman–Crippen MR) is 53.0 cm³/mol. The van der Waals surface area contributed by atoms with Crippen LogP contribution in [0.25, 0.3) is 0 Å². The number of rotatable bonds is 3. The molecule has 0 bridgehead atoms. The van der Waals surface area contributed by atoms with Crippen LogP contribution < -0.4 is 10.1 Å². The molecule has 1 aromatic rings. The fourth-order valence-corrected chi connectivity index (χ4v) is 1.15. The van der Waals surface area contributed by atoms with Gasteiger partial charge in [-0.05, 0) is 19.1 Å². The molecule has 14 heavy (non-hydrogen) atoms. The van der Waals surface area contributed by atoms with Crippen molar-refractivity contribution >= 4 is 5.91 Å².